The Morgan fingerprint density at radius 1 is 1.32 bits per heavy atom. The molecule has 0 atom stereocenters. The average Bonchev–Trinajstić information content (AvgIpc) is 3.02. The summed E-state index contributed by atoms with van der Waals surface area (Å²) in [6.45, 7) is 6.39. The number of nitrogens with zero attached hydrogens (tertiary/aromatic N) is 3. The molecule has 1 aliphatic rings. The predicted octanol–water partition coefficient (Wildman–Crippen LogP) is 0.503. The quantitative estimate of drug-likeness (QED) is 0.778. The summed E-state index contributed by atoms with van der Waals surface area (Å²) < 4.78 is 42.9. The molecule has 0 amide bonds. The first-order chi connectivity index (χ1) is 12.0. The molecule has 0 saturated carbocycles. The molecule has 1 aromatic carbocycles. The van der Waals surface area contributed by atoms with E-state index in [1.54, 1.807) is 12.4 Å². The number of halogens is 1. The van der Waals surface area contributed by atoms with Gasteiger partial charge >= 0.3 is 0 Å². The molecule has 0 unspecified atom stereocenters. The molecule has 136 valence electrons. The number of benzene rings is 1. The van der Waals surface area contributed by atoms with Gasteiger partial charge in [-0.25, -0.2) is 22.2 Å². The maximum Gasteiger partial charge on any atom is 0.240 e. The van der Waals surface area contributed by atoms with Gasteiger partial charge in [0.15, 0.2) is 0 Å². The molecule has 9 heteroatoms. The van der Waals surface area contributed by atoms with Crippen LogP contribution in [0.4, 0.5) is 4.39 Å². The Morgan fingerprint density at radius 3 is 2.72 bits per heavy atom. The van der Waals surface area contributed by atoms with Gasteiger partial charge in [0.1, 0.15) is 11.5 Å². The molecule has 0 aliphatic carbocycles. The third-order valence-corrected chi connectivity index (χ3v) is 5.58. The van der Waals surface area contributed by atoms with Crippen LogP contribution in [0.2, 0.25) is 0 Å². The van der Waals surface area contributed by atoms with E-state index in [9.17, 15) is 12.8 Å². The Kier molecular flexibility index (Phi) is 5.48. The van der Waals surface area contributed by atoms with Crippen LogP contribution >= 0.6 is 0 Å². The normalized spacial score (nSPS) is 16.2. The van der Waals surface area contributed by atoms with Crippen LogP contribution in [0.1, 0.15) is 5.56 Å². The van der Waals surface area contributed by atoms with E-state index in [1.165, 1.54) is 16.8 Å². The minimum absolute atomic E-state index is 0.0852. The van der Waals surface area contributed by atoms with Gasteiger partial charge in [-0.15, -0.1) is 0 Å². The second kappa shape index (κ2) is 7.61. The lowest BCUT2D eigenvalue weighted by molar-refractivity contribution is 0.245. The zero-order valence-corrected chi connectivity index (χ0v) is 14.9. The highest BCUT2D eigenvalue weighted by atomic mass is 32.2. The maximum atomic E-state index is 14.3. The number of nitrogens with one attached hydrogen (secondary N) is 2. The molecule has 2 heterocycles. The summed E-state index contributed by atoms with van der Waals surface area (Å²) in [5, 5.41) is 7.29. The number of hydrogen-bond donors (Lipinski definition) is 2. The molecule has 0 bridgehead atoms. The molecule has 1 fully saturated rings. The fraction of sp³-hybridized carbons (Fsp3) is 0.438. The predicted molar refractivity (Wildman–Crippen MR) is 92.8 cm³/mol. The van der Waals surface area contributed by atoms with Crippen LogP contribution in [0.5, 0.6) is 0 Å². The smallest absolute Gasteiger partial charge is 0.240 e. The molecular formula is C16H22FN5O2S. The summed E-state index contributed by atoms with van der Waals surface area (Å²) >= 11 is 0. The van der Waals surface area contributed by atoms with E-state index < -0.39 is 15.8 Å². The van der Waals surface area contributed by atoms with E-state index in [-0.39, 0.29) is 10.6 Å². The van der Waals surface area contributed by atoms with Gasteiger partial charge in [-0.3, -0.25) is 4.90 Å². The van der Waals surface area contributed by atoms with Crippen LogP contribution in [0.25, 0.3) is 5.69 Å². The molecule has 0 spiro atoms. The van der Waals surface area contributed by atoms with E-state index in [4.69, 9.17) is 0 Å². The van der Waals surface area contributed by atoms with Gasteiger partial charge < -0.3 is 5.32 Å². The van der Waals surface area contributed by atoms with Gasteiger partial charge in [-0.1, -0.05) is 0 Å². The van der Waals surface area contributed by atoms with Crippen LogP contribution in [-0.2, 0) is 10.0 Å². The first kappa shape index (κ1) is 18.0. The van der Waals surface area contributed by atoms with E-state index in [1.807, 2.05) is 6.92 Å². The Morgan fingerprint density at radius 2 is 2.08 bits per heavy atom. The number of piperazine rings is 1. The summed E-state index contributed by atoms with van der Waals surface area (Å²) in [5.41, 5.74) is 1.11. The van der Waals surface area contributed by atoms with Crippen molar-refractivity contribution in [2.45, 2.75) is 11.8 Å². The van der Waals surface area contributed by atoms with E-state index in [2.05, 4.69) is 20.0 Å². The third-order valence-electron chi connectivity index (χ3n) is 4.12. The molecule has 1 saturated heterocycles. The van der Waals surface area contributed by atoms with Crippen molar-refractivity contribution in [2.75, 3.05) is 39.3 Å². The number of aryl methyl sites for hydroxylation is 1. The molecule has 2 aromatic rings. The lowest BCUT2D eigenvalue weighted by Crippen LogP contribution is -2.46. The number of rotatable bonds is 6. The van der Waals surface area contributed by atoms with Crippen molar-refractivity contribution in [1.82, 2.24) is 24.7 Å². The van der Waals surface area contributed by atoms with Crippen molar-refractivity contribution in [3.8, 4) is 5.69 Å². The molecule has 7 nitrogen and oxygen atoms in total. The largest absolute Gasteiger partial charge is 0.314 e. The zero-order chi connectivity index (χ0) is 17.9. The number of sulfonamides is 1. The van der Waals surface area contributed by atoms with Crippen molar-refractivity contribution < 1.29 is 12.8 Å². The summed E-state index contributed by atoms with van der Waals surface area (Å²) in [6, 6.07) is 3.84. The van der Waals surface area contributed by atoms with Gasteiger partial charge in [0.25, 0.3) is 0 Å². The first-order valence-corrected chi connectivity index (χ1v) is 9.68. The fourth-order valence-corrected chi connectivity index (χ4v) is 3.77. The molecule has 2 N–H and O–H groups in total. The second-order valence-corrected chi connectivity index (χ2v) is 7.83. The molecule has 3 rings (SSSR count). The highest BCUT2D eigenvalue weighted by molar-refractivity contribution is 7.89. The van der Waals surface area contributed by atoms with E-state index in [0.29, 0.717) is 13.1 Å². The summed E-state index contributed by atoms with van der Waals surface area (Å²) in [5.74, 6) is -0.631. The van der Waals surface area contributed by atoms with Gasteiger partial charge in [-0.2, -0.15) is 5.10 Å². The second-order valence-electron chi connectivity index (χ2n) is 6.06. The zero-order valence-electron chi connectivity index (χ0n) is 14.1. The van der Waals surface area contributed by atoms with Gasteiger partial charge in [0.2, 0.25) is 10.0 Å². The van der Waals surface area contributed by atoms with Gasteiger partial charge in [-0.05, 0) is 30.7 Å². The van der Waals surface area contributed by atoms with Crippen LogP contribution in [0.15, 0.2) is 35.5 Å². The first-order valence-electron chi connectivity index (χ1n) is 8.20. The number of aromatic nitrogens is 2. The number of hydrogen-bond acceptors (Lipinski definition) is 5. The third kappa shape index (κ3) is 4.43. The van der Waals surface area contributed by atoms with Crippen molar-refractivity contribution in [1.29, 1.82) is 0 Å². The minimum Gasteiger partial charge on any atom is -0.314 e. The molecule has 1 aliphatic heterocycles. The van der Waals surface area contributed by atoms with E-state index >= 15 is 0 Å². The van der Waals surface area contributed by atoms with Crippen molar-refractivity contribution in [2.24, 2.45) is 0 Å². The van der Waals surface area contributed by atoms with Gasteiger partial charge in [0, 0.05) is 45.5 Å². The SMILES string of the molecule is Cc1cnn(-c2ccc(S(=O)(=O)NCCN3CCNCC3)cc2F)c1. The van der Waals surface area contributed by atoms with Crippen molar-refractivity contribution >= 4 is 10.0 Å². The highest BCUT2D eigenvalue weighted by Crippen LogP contribution is 2.18. The van der Waals surface area contributed by atoms with Crippen LogP contribution in [0, 0.1) is 12.7 Å². The molecule has 1 aromatic heterocycles. The molecule has 0 radical (unpaired) electrons. The Hall–Kier alpha value is -1.81. The van der Waals surface area contributed by atoms with Gasteiger partial charge in [0.05, 0.1) is 11.1 Å². The fourth-order valence-electron chi connectivity index (χ4n) is 2.74. The Balaban J connectivity index is 1.66. The summed E-state index contributed by atoms with van der Waals surface area (Å²) in [6.07, 6.45) is 3.29. The lowest BCUT2D eigenvalue weighted by Gasteiger charge is -2.27. The lowest BCUT2D eigenvalue weighted by atomic mass is 10.3. The monoisotopic (exact) mass is 367 g/mol. The van der Waals surface area contributed by atoms with Crippen molar-refractivity contribution in [3.05, 3.63) is 42.0 Å². The summed E-state index contributed by atoms with van der Waals surface area (Å²) in [7, 11) is -3.74. The van der Waals surface area contributed by atoms with E-state index in [0.717, 1.165) is 37.8 Å². The summed E-state index contributed by atoms with van der Waals surface area (Å²) in [4.78, 5) is 2.10. The van der Waals surface area contributed by atoms with Crippen LogP contribution < -0.4 is 10.0 Å². The molecule has 25 heavy (non-hydrogen) atoms. The van der Waals surface area contributed by atoms with Crippen LogP contribution in [0.3, 0.4) is 0 Å². The van der Waals surface area contributed by atoms with Crippen molar-refractivity contribution in [3.63, 3.8) is 0 Å². The topological polar surface area (TPSA) is 79.3 Å². The highest BCUT2D eigenvalue weighted by Gasteiger charge is 2.18. The average molecular weight is 367 g/mol. The molecular weight excluding hydrogens is 345 g/mol. The minimum atomic E-state index is -3.74. The van der Waals surface area contributed by atoms with Crippen LogP contribution in [-0.4, -0.2) is 62.4 Å². The Bertz CT molecular complexity index is 831. The maximum absolute atomic E-state index is 14.3. The standard InChI is InChI=1S/C16H22FN5O2S/c1-13-11-19-22(12-13)16-3-2-14(10-15(16)17)25(23,24)20-6-9-21-7-4-18-5-8-21/h2-3,10-12,18,20H,4-9H2,1H3. The Labute approximate surface area is 146 Å².